The molecule has 0 bridgehead atoms. The maximum absolute atomic E-state index is 12.8. The number of ether oxygens (including phenoxy) is 1. The number of carbonyl (C=O) groups is 1. The van der Waals surface area contributed by atoms with E-state index in [0.717, 1.165) is 25.7 Å². The average molecular weight is 382 g/mol. The molecule has 3 rings (SSSR count). The smallest absolute Gasteiger partial charge is 0.409 e. The molecule has 1 aliphatic rings. The lowest BCUT2D eigenvalue weighted by atomic mass is 9.98. The predicted octanol–water partition coefficient (Wildman–Crippen LogP) is 3.72. The Morgan fingerprint density at radius 2 is 1.32 bits per heavy atom. The van der Waals surface area contributed by atoms with Crippen LogP contribution in [0, 0.1) is 0 Å². The summed E-state index contributed by atoms with van der Waals surface area (Å²) in [7, 11) is 0. The fourth-order valence-corrected chi connectivity index (χ4v) is 3.87. The SMILES string of the molecule is NCCCCN(CCCCN)C(=O)OCC1c2ccccc2-c2ccccc21. The first-order valence-electron chi connectivity index (χ1n) is 10.3. The van der Waals surface area contributed by atoms with Crippen LogP contribution in [-0.4, -0.2) is 43.8 Å². The van der Waals surface area contributed by atoms with Gasteiger partial charge in [-0.25, -0.2) is 4.79 Å². The quantitative estimate of drug-likeness (QED) is 0.615. The van der Waals surface area contributed by atoms with Crippen LogP contribution in [0.4, 0.5) is 4.79 Å². The summed E-state index contributed by atoms with van der Waals surface area (Å²) in [5, 5.41) is 0. The van der Waals surface area contributed by atoms with Gasteiger partial charge >= 0.3 is 6.09 Å². The number of hydrogen-bond acceptors (Lipinski definition) is 4. The molecule has 1 aliphatic carbocycles. The van der Waals surface area contributed by atoms with E-state index < -0.39 is 0 Å². The first-order valence-corrected chi connectivity index (χ1v) is 10.3. The van der Waals surface area contributed by atoms with Crippen molar-refractivity contribution in [1.82, 2.24) is 4.90 Å². The Labute approximate surface area is 167 Å². The molecule has 1 amide bonds. The lowest BCUT2D eigenvalue weighted by Gasteiger charge is -2.23. The summed E-state index contributed by atoms with van der Waals surface area (Å²) in [5.74, 6) is 0.0892. The van der Waals surface area contributed by atoms with Crippen LogP contribution in [0.25, 0.3) is 11.1 Å². The molecule has 150 valence electrons. The van der Waals surface area contributed by atoms with Gasteiger partial charge in [0, 0.05) is 19.0 Å². The Morgan fingerprint density at radius 1 is 0.821 bits per heavy atom. The van der Waals surface area contributed by atoms with Gasteiger partial charge < -0.3 is 21.1 Å². The molecule has 4 N–H and O–H groups in total. The Kier molecular flexibility index (Phi) is 7.46. The van der Waals surface area contributed by atoms with Crippen molar-refractivity contribution < 1.29 is 9.53 Å². The largest absolute Gasteiger partial charge is 0.448 e. The molecule has 0 aromatic heterocycles. The summed E-state index contributed by atoms with van der Waals surface area (Å²) in [6.07, 6.45) is 3.36. The molecule has 5 nitrogen and oxygen atoms in total. The normalized spacial score (nSPS) is 12.5. The van der Waals surface area contributed by atoms with Crippen LogP contribution < -0.4 is 11.5 Å². The molecule has 2 aromatic carbocycles. The van der Waals surface area contributed by atoms with E-state index in [2.05, 4.69) is 36.4 Å². The third-order valence-corrected chi connectivity index (χ3v) is 5.36. The lowest BCUT2D eigenvalue weighted by Crippen LogP contribution is -2.34. The highest BCUT2D eigenvalue weighted by atomic mass is 16.6. The topological polar surface area (TPSA) is 81.6 Å². The Hall–Kier alpha value is -2.37. The predicted molar refractivity (Wildman–Crippen MR) is 113 cm³/mol. The minimum absolute atomic E-state index is 0.0892. The van der Waals surface area contributed by atoms with Crippen molar-refractivity contribution in [1.29, 1.82) is 0 Å². The van der Waals surface area contributed by atoms with Gasteiger partial charge in [0.2, 0.25) is 0 Å². The third kappa shape index (κ3) is 4.72. The van der Waals surface area contributed by atoms with Crippen molar-refractivity contribution >= 4 is 6.09 Å². The number of nitrogens with zero attached hydrogens (tertiary/aromatic N) is 1. The highest BCUT2D eigenvalue weighted by molar-refractivity contribution is 5.79. The van der Waals surface area contributed by atoms with Gasteiger partial charge in [0.25, 0.3) is 0 Å². The van der Waals surface area contributed by atoms with Crippen LogP contribution >= 0.6 is 0 Å². The Morgan fingerprint density at radius 3 is 1.82 bits per heavy atom. The molecule has 0 unspecified atom stereocenters. The minimum atomic E-state index is -0.240. The molecule has 2 aromatic rings. The number of rotatable bonds is 10. The van der Waals surface area contributed by atoms with Crippen molar-refractivity contribution in [2.75, 3.05) is 32.8 Å². The second kappa shape index (κ2) is 10.2. The van der Waals surface area contributed by atoms with Crippen LogP contribution in [0.5, 0.6) is 0 Å². The molecule has 0 aliphatic heterocycles. The monoisotopic (exact) mass is 381 g/mol. The molecule has 5 heteroatoms. The number of hydrogen-bond donors (Lipinski definition) is 2. The zero-order valence-corrected chi connectivity index (χ0v) is 16.5. The van der Waals surface area contributed by atoms with Crippen molar-refractivity contribution in [2.45, 2.75) is 31.6 Å². The summed E-state index contributed by atoms with van der Waals surface area (Å²) in [6.45, 7) is 3.00. The average Bonchev–Trinajstić information content (AvgIpc) is 3.05. The lowest BCUT2D eigenvalue weighted by molar-refractivity contribution is 0.0984. The van der Waals surface area contributed by atoms with Crippen molar-refractivity contribution in [3.63, 3.8) is 0 Å². The summed E-state index contributed by atoms with van der Waals surface area (Å²) < 4.78 is 5.79. The van der Waals surface area contributed by atoms with E-state index in [9.17, 15) is 4.79 Å². The molecule has 28 heavy (non-hydrogen) atoms. The van der Waals surface area contributed by atoms with Gasteiger partial charge in [-0.1, -0.05) is 48.5 Å². The maximum atomic E-state index is 12.8. The summed E-state index contributed by atoms with van der Waals surface area (Å²) >= 11 is 0. The van der Waals surface area contributed by atoms with E-state index in [0.29, 0.717) is 32.8 Å². The molecule has 0 spiro atoms. The molecular formula is C23H31N3O2. The fraction of sp³-hybridized carbons (Fsp3) is 0.435. The van der Waals surface area contributed by atoms with E-state index in [1.165, 1.54) is 22.3 Å². The van der Waals surface area contributed by atoms with Gasteiger partial charge in [-0.05, 0) is 61.0 Å². The van der Waals surface area contributed by atoms with E-state index in [1.807, 2.05) is 12.1 Å². The molecular weight excluding hydrogens is 350 g/mol. The molecule has 0 atom stereocenters. The van der Waals surface area contributed by atoms with E-state index in [-0.39, 0.29) is 12.0 Å². The number of benzene rings is 2. The van der Waals surface area contributed by atoms with Gasteiger partial charge in [-0.15, -0.1) is 0 Å². The number of nitrogens with two attached hydrogens (primary N) is 2. The van der Waals surface area contributed by atoms with Crippen molar-refractivity contribution in [2.24, 2.45) is 11.5 Å². The van der Waals surface area contributed by atoms with Crippen LogP contribution in [-0.2, 0) is 4.74 Å². The number of amides is 1. The first kappa shape index (κ1) is 20.4. The molecule has 0 saturated heterocycles. The summed E-state index contributed by atoms with van der Waals surface area (Å²) in [4.78, 5) is 14.6. The fourth-order valence-electron chi connectivity index (χ4n) is 3.87. The van der Waals surface area contributed by atoms with E-state index in [1.54, 1.807) is 4.90 Å². The van der Waals surface area contributed by atoms with Crippen molar-refractivity contribution in [3.05, 3.63) is 59.7 Å². The number of fused-ring (bicyclic) bond motifs is 3. The van der Waals surface area contributed by atoms with Crippen LogP contribution in [0.3, 0.4) is 0 Å². The van der Waals surface area contributed by atoms with Crippen LogP contribution in [0.15, 0.2) is 48.5 Å². The minimum Gasteiger partial charge on any atom is -0.448 e. The van der Waals surface area contributed by atoms with Crippen LogP contribution in [0.1, 0.15) is 42.7 Å². The van der Waals surface area contributed by atoms with Gasteiger partial charge in [-0.3, -0.25) is 0 Å². The standard InChI is InChI=1S/C23H31N3O2/c24-13-5-7-15-26(16-8-6-14-25)23(27)28-17-22-20-11-3-1-9-18(20)19-10-2-4-12-21(19)22/h1-4,9-12,22H,5-8,13-17,24-25H2. The molecule has 0 radical (unpaired) electrons. The van der Waals surface area contributed by atoms with Gasteiger partial charge in [0.1, 0.15) is 6.61 Å². The summed E-state index contributed by atoms with van der Waals surface area (Å²) in [6, 6.07) is 16.8. The number of carbonyl (C=O) groups excluding carboxylic acids is 1. The van der Waals surface area contributed by atoms with Gasteiger partial charge in [-0.2, -0.15) is 0 Å². The number of unbranched alkanes of at least 4 members (excludes halogenated alkanes) is 2. The molecule has 0 fully saturated rings. The van der Waals surface area contributed by atoms with Crippen LogP contribution in [0.2, 0.25) is 0 Å². The Balaban J connectivity index is 1.66. The second-order valence-electron chi connectivity index (χ2n) is 7.28. The first-order chi connectivity index (χ1) is 13.8. The van der Waals surface area contributed by atoms with Gasteiger partial charge in [0.15, 0.2) is 0 Å². The third-order valence-electron chi connectivity index (χ3n) is 5.36. The zero-order valence-electron chi connectivity index (χ0n) is 16.5. The van der Waals surface area contributed by atoms with Crippen molar-refractivity contribution in [3.8, 4) is 11.1 Å². The van der Waals surface area contributed by atoms with E-state index in [4.69, 9.17) is 16.2 Å². The highest BCUT2D eigenvalue weighted by Crippen LogP contribution is 2.44. The summed E-state index contributed by atoms with van der Waals surface area (Å²) in [5.41, 5.74) is 16.1. The highest BCUT2D eigenvalue weighted by Gasteiger charge is 2.29. The molecule has 0 saturated carbocycles. The molecule has 0 heterocycles. The second-order valence-corrected chi connectivity index (χ2v) is 7.28. The Bertz CT molecular complexity index is 722. The zero-order chi connectivity index (χ0) is 19.8. The maximum Gasteiger partial charge on any atom is 0.409 e. The van der Waals surface area contributed by atoms with Gasteiger partial charge in [0.05, 0.1) is 0 Å². The van der Waals surface area contributed by atoms with E-state index >= 15 is 0 Å².